The van der Waals surface area contributed by atoms with E-state index in [9.17, 15) is 0 Å². The number of rotatable bonds is 1. The molecule has 0 nitrogen and oxygen atoms in total. The first-order valence-corrected chi connectivity index (χ1v) is 9.91. The van der Waals surface area contributed by atoms with E-state index in [0.29, 0.717) is 0 Å². The predicted octanol–water partition coefficient (Wildman–Crippen LogP) is 7.65. The van der Waals surface area contributed by atoms with Crippen LogP contribution in [0.4, 0.5) is 0 Å². The maximum atomic E-state index is 2.56. The van der Waals surface area contributed by atoms with Crippen molar-refractivity contribution in [3.05, 3.63) is 59.2 Å². The molecule has 0 atom stereocenters. The van der Waals surface area contributed by atoms with Crippen LogP contribution in [-0.4, -0.2) is 0 Å². The Balaban J connectivity index is 2.06. The average Bonchev–Trinajstić information content (AvgIpc) is 2.60. The van der Waals surface area contributed by atoms with E-state index in [1.807, 2.05) is 0 Å². The second kappa shape index (κ2) is 6.16. The molecule has 0 amide bonds. The van der Waals surface area contributed by atoms with Crippen LogP contribution in [0.15, 0.2) is 42.5 Å². The SMILES string of the molecule is Cc1c(C(C)(C)C)cc(C2CCCCC2)c2cc3ccccc3cc12. The molecule has 0 spiro atoms. The van der Waals surface area contributed by atoms with Gasteiger partial charge in [-0.25, -0.2) is 0 Å². The standard InChI is InChI=1S/C25H30/c1-17-21-14-19-12-8-9-13-20(19)15-23(21)22(16-24(17)25(2,3)4)18-10-6-5-7-11-18/h8-9,12-16,18H,5-7,10-11H2,1-4H3. The van der Waals surface area contributed by atoms with E-state index in [4.69, 9.17) is 0 Å². The summed E-state index contributed by atoms with van der Waals surface area (Å²) in [5, 5.41) is 5.69. The molecule has 4 rings (SSSR count). The summed E-state index contributed by atoms with van der Waals surface area (Å²) in [5.41, 5.74) is 4.78. The van der Waals surface area contributed by atoms with Crippen molar-refractivity contribution in [3.8, 4) is 0 Å². The Labute approximate surface area is 152 Å². The molecule has 1 aliphatic rings. The second-order valence-electron chi connectivity index (χ2n) is 8.97. The van der Waals surface area contributed by atoms with Gasteiger partial charge in [-0.3, -0.25) is 0 Å². The Morgan fingerprint density at radius 1 is 0.800 bits per heavy atom. The molecule has 0 bridgehead atoms. The van der Waals surface area contributed by atoms with Crippen LogP contribution in [0.25, 0.3) is 21.5 Å². The Morgan fingerprint density at radius 3 is 2.00 bits per heavy atom. The molecule has 1 fully saturated rings. The Kier molecular flexibility index (Phi) is 4.10. The molecule has 0 heteroatoms. The molecule has 1 aliphatic carbocycles. The Bertz CT molecular complexity index is 918. The van der Waals surface area contributed by atoms with Crippen molar-refractivity contribution in [2.45, 2.75) is 71.1 Å². The first-order chi connectivity index (χ1) is 11.9. The highest BCUT2D eigenvalue weighted by Gasteiger charge is 2.24. The molecule has 25 heavy (non-hydrogen) atoms. The third kappa shape index (κ3) is 2.97. The summed E-state index contributed by atoms with van der Waals surface area (Å²) in [5.74, 6) is 0.735. The molecule has 0 radical (unpaired) electrons. The largest absolute Gasteiger partial charge is 0.0616 e. The highest BCUT2D eigenvalue weighted by molar-refractivity contribution is 6.01. The fourth-order valence-electron chi connectivity index (χ4n) is 4.81. The third-order valence-electron chi connectivity index (χ3n) is 6.16. The van der Waals surface area contributed by atoms with Gasteiger partial charge < -0.3 is 0 Å². The Morgan fingerprint density at radius 2 is 1.40 bits per heavy atom. The molecule has 1 saturated carbocycles. The summed E-state index contributed by atoms with van der Waals surface area (Å²) in [4.78, 5) is 0. The summed E-state index contributed by atoms with van der Waals surface area (Å²) < 4.78 is 0. The van der Waals surface area contributed by atoms with Gasteiger partial charge in [-0.05, 0) is 81.5 Å². The summed E-state index contributed by atoms with van der Waals surface area (Å²) in [6.45, 7) is 9.38. The summed E-state index contributed by atoms with van der Waals surface area (Å²) in [7, 11) is 0. The lowest BCUT2D eigenvalue weighted by Gasteiger charge is -2.29. The van der Waals surface area contributed by atoms with Gasteiger partial charge in [0.05, 0.1) is 0 Å². The van der Waals surface area contributed by atoms with Crippen LogP contribution in [0.1, 0.15) is 75.5 Å². The Hall–Kier alpha value is -1.82. The van der Waals surface area contributed by atoms with Crippen LogP contribution in [0, 0.1) is 6.92 Å². The van der Waals surface area contributed by atoms with Crippen molar-refractivity contribution in [2.75, 3.05) is 0 Å². The normalized spacial score (nSPS) is 16.6. The molecule has 0 heterocycles. The molecule has 0 aliphatic heterocycles. The molecule has 0 unspecified atom stereocenters. The predicted molar refractivity (Wildman–Crippen MR) is 111 cm³/mol. The van der Waals surface area contributed by atoms with E-state index in [-0.39, 0.29) is 5.41 Å². The lowest BCUT2D eigenvalue weighted by molar-refractivity contribution is 0.444. The van der Waals surface area contributed by atoms with E-state index in [1.165, 1.54) is 64.8 Å². The van der Waals surface area contributed by atoms with Crippen molar-refractivity contribution in [1.29, 1.82) is 0 Å². The van der Waals surface area contributed by atoms with Gasteiger partial charge in [-0.1, -0.05) is 70.4 Å². The smallest absolute Gasteiger partial charge is 0.0129 e. The van der Waals surface area contributed by atoms with Crippen LogP contribution in [0.3, 0.4) is 0 Å². The summed E-state index contributed by atoms with van der Waals surface area (Å²) >= 11 is 0. The van der Waals surface area contributed by atoms with Crippen LogP contribution in [0.2, 0.25) is 0 Å². The van der Waals surface area contributed by atoms with Gasteiger partial charge in [0.2, 0.25) is 0 Å². The maximum absolute atomic E-state index is 2.56. The zero-order chi connectivity index (χ0) is 17.6. The van der Waals surface area contributed by atoms with E-state index >= 15 is 0 Å². The van der Waals surface area contributed by atoms with E-state index in [0.717, 1.165) is 5.92 Å². The highest BCUT2D eigenvalue weighted by Crippen LogP contribution is 2.42. The molecular weight excluding hydrogens is 300 g/mol. The number of benzene rings is 3. The molecule has 3 aromatic carbocycles. The van der Waals surface area contributed by atoms with E-state index in [2.05, 4.69) is 70.2 Å². The van der Waals surface area contributed by atoms with Gasteiger partial charge in [0.15, 0.2) is 0 Å². The lowest BCUT2D eigenvalue weighted by atomic mass is 9.76. The van der Waals surface area contributed by atoms with Crippen molar-refractivity contribution in [2.24, 2.45) is 0 Å². The van der Waals surface area contributed by atoms with Crippen molar-refractivity contribution >= 4 is 21.5 Å². The van der Waals surface area contributed by atoms with Crippen LogP contribution in [-0.2, 0) is 5.41 Å². The zero-order valence-corrected chi connectivity index (χ0v) is 16.2. The van der Waals surface area contributed by atoms with E-state index < -0.39 is 0 Å². The molecule has 0 N–H and O–H groups in total. The van der Waals surface area contributed by atoms with E-state index in [1.54, 1.807) is 5.56 Å². The van der Waals surface area contributed by atoms with Gasteiger partial charge in [0.25, 0.3) is 0 Å². The highest BCUT2D eigenvalue weighted by atomic mass is 14.3. The zero-order valence-electron chi connectivity index (χ0n) is 16.2. The minimum atomic E-state index is 0.188. The molecule has 3 aromatic rings. The third-order valence-corrected chi connectivity index (χ3v) is 6.16. The van der Waals surface area contributed by atoms with Crippen molar-refractivity contribution in [3.63, 3.8) is 0 Å². The molecular formula is C25H30. The second-order valence-corrected chi connectivity index (χ2v) is 8.97. The van der Waals surface area contributed by atoms with Crippen LogP contribution >= 0.6 is 0 Å². The summed E-state index contributed by atoms with van der Waals surface area (Å²) in [6.07, 6.45) is 6.90. The monoisotopic (exact) mass is 330 g/mol. The summed E-state index contributed by atoms with van der Waals surface area (Å²) in [6, 6.07) is 16.3. The number of hydrogen-bond acceptors (Lipinski definition) is 0. The minimum Gasteiger partial charge on any atom is -0.0616 e. The quantitative estimate of drug-likeness (QED) is 0.402. The van der Waals surface area contributed by atoms with Gasteiger partial charge in [-0.2, -0.15) is 0 Å². The van der Waals surface area contributed by atoms with Crippen LogP contribution in [0.5, 0.6) is 0 Å². The van der Waals surface area contributed by atoms with Gasteiger partial charge in [0.1, 0.15) is 0 Å². The van der Waals surface area contributed by atoms with Crippen molar-refractivity contribution < 1.29 is 0 Å². The maximum Gasteiger partial charge on any atom is -0.0129 e. The molecule has 0 saturated heterocycles. The topological polar surface area (TPSA) is 0 Å². The first kappa shape index (κ1) is 16.6. The molecule has 0 aromatic heterocycles. The first-order valence-electron chi connectivity index (χ1n) is 9.91. The number of hydrogen-bond donors (Lipinski definition) is 0. The van der Waals surface area contributed by atoms with Crippen LogP contribution < -0.4 is 0 Å². The minimum absolute atomic E-state index is 0.188. The fraction of sp³-hybridized carbons (Fsp3) is 0.440. The average molecular weight is 331 g/mol. The fourth-order valence-corrected chi connectivity index (χ4v) is 4.81. The lowest BCUT2D eigenvalue weighted by Crippen LogP contribution is -2.15. The molecule has 130 valence electrons. The van der Waals surface area contributed by atoms with Crippen molar-refractivity contribution in [1.82, 2.24) is 0 Å². The van der Waals surface area contributed by atoms with Gasteiger partial charge >= 0.3 is 0 Å². The van der Waals surface area contributed by atoms with Gasteiger partial charge in [-0.15, -0.1) is 0 Å². The number of fused-ring (bicyclic) bond motifs is 2. The number of aryl methyl sites for hydroxylation is 1. The van der Waals surface area contributed by atoms with Gasteiger partial charge in [0, 0.05) is 0 Å².